The number of hydrogen-bond acceptors (Lipinski definition) is 7. The van der Waals surface area contributed by atoms with Gasteiger partial charge < -0.3 is 15.5 Å². The Bertz CT molecular complexity index is 1660. The average Bonchev–Trinajstić information content (AvgIpc) is 3.30. The van der Waals surface area contributed by atoms with Crippen LogP contribution in [0.25, 0.3) is 11.4 Å². The first-order chi connectivity index (χ1) is 22.3. The Morgan fingerprint density at radius 3 is 2.20 bits per heavy atom. The van der Waals surface area contributed by atoms with E-state index in [1.165, 1.54) is 0 Å². The molecule has 5 rings (SSSR count). The Labute approximate surface area is 270 Å². The summed E-state index contributed by atoms with van der Waals surface area (Å²) >= 11 is 0. The van der Waals surface area contributed by atoms with Crippen LogP contribution in [0.2, 0.25) is 0 Å². The molecule has 0 spiro atoms. The third-order valence-electron chi connectivity index (χ3n) is 8.57. The average molecular weight is 620 g/mol. The first kappa shape index (κ1) is 32.4. The highest BCUT2D eigenvalue weighted by Crippen LogP contribution is 2.25. The summed E-state index contributed by atoms with van der Waals surface area (Å²) in [4.78, 5) is 41.4. The second kappa shape index (κ2) is 15.3. The molecule has 4 aromatic rings. The van der Waals surface area contributed by atoms with Gasteiger partial charge in [-0.3, -0.25) is 14.4 Å². The van der Waals surface area contributed by atoms with E-state index in [0.29, 0.717) is 31.0 Å². The fourth-order valence-electron chi connectivity index (χ4n) is 5.87. The molecule has 1 aromatic heterocycles. The van der Waals surface area contributed by atoms with E-state index >= 15 is 0 Å². The number of carbonyl (C=O) groups excluding carboxylic acids is 3. The molecule has 1 aliphatic carbocycles. The molecule has 10 heteroatoms. The topological polar surface area (TPSA) is 130 Å². The van der Waals surface area contributed by atoms with Gasteiger partial charge in [-0.2, -0.15) is 0 Å². The zero-order valence-corrected chi connectivity index (χ0v) is 26.7. The molecule has 1 fully saturated rings. The summed E-state index contributed by atoms with van der Waals surface area (Å²) < 4.78 is 0. The van der Waals surface area contributed by atoms with Crippen molar-refractivity contribution in [2.24, 2.45) is 5.92 Å². The van der Waals surface area contributed by atoms with Crippen LogP contribution in [0.15, 0.2) is 72.8 Å². The normalized spacial score (nSPS) is 16.2. The molecule has 0 bridgehead atoms. The van der Waals surface area contributed by atoms with Gasteiger partial charge >= 0.3 is 0 Å². The van der Waals surface area contributed by atoms with Crippen LogP contribution < -0.4 is 15.5 Å². The number of hydrogen-bond donors (Lipinski definition) is 2. The lowest BCUT2D eigenvalue weighted by molar-refractivity contribution is -0.128. The maximum Gasteiger partial charge on any atom is 0.246 e. The molecule has 2 N–H and O–H groups in total. The van der Waals surface area contributed by atoms with E-state index in [1.807, 2.05) is 86.6 Å². The van der Waals surface area contributed by atoms with Crippen molar-refractivity contribution < 1.29 is 14.4 Å². The molecule has 10 nitrogen and oxygen atoms in total. The van der Waals surface area contributed by atoms with E-state index in [0.717, 1.165) is 52.8 Å². The van der Waals surface area contributed by atoms with Crippen molar-refractivity contribution >= 4 is 23.4 Å². The van der Waals surface area contributed by atoms with Crippen LogP contribution >= 0.6 is 0 Å². The van der Waals surface area contributed by atoms with Gasteiger partial charge in [-0.1, -0.05) is 73.2 Å². The van der Waals surface area contributed by atoms with Gasteiger partial charge in [0.05, 0.1) is 19.5 Å². The van der Waals surface area contributed by atoms with Crippen LogP contribution in [0, 0.1) is 26.7 Å². The predicted octanol–water partition coefficient (Wildman–Crippen LogP) is 4.82. The highest BCUT2D eigenvalue weighted by molar-refractivity contribution is 5.97. The summed E-state index contributed by atoms with van der Waals surface area (Å²) in [5.41, 5.74) is 5.67. The van der Waals surface area contributed by atoms with E-state index < -0.39 is 0 Å². The monoisotopic (exact) mass is 619 g/mol. The van der Waals surface area contributed by atoms with Crippen molar-refractivity contribution in [3.05, 3.63) is 101 Å². The van der Waals surface area contributed by atoms with Gasteiger partial charge in [0.15, 0.2) is 5.82 Å². The lowest BCUT2D eigenvalue weighted by Gasteiger charge is -2.26. The largest absolute Gasteiger partial charge is 0.353 e. The Morgan fingerprint density at radius 1 is 0.783 bits per heavy atom. The molecular formula is C36H41N7O3. The van der Waals surface area contributed by atoms with E-state index in [1.54, 1.807) is 11.8 Å². The minimum atomic E-state index is -0.196. The summed E-state index contributed by atoms with van der Waals surface area (Å²) in [6.07, 6.45) is 3.99. The highest BCUT2D eigenvalue weighted by atomic mass is 16.2. The fourth-order valence-corrected chi connectivity index (χ4v) is 5.87. The van der Waals surface area contributed by atoms with Crippen molar-refractivity contribution in [3.63, 3.8) is 0 Å². The molecule has 1 aliphatic rings. The molecule has 3 amide bonds. The molecule has 3 aromatic carbocycles. The second-order valence-electron chi connectivity index (χ2n) is 12.0. The number of para-hydroxylation sites is 1. The minimum Gasteiger partial charge on any atom is -0.353 e. The number of nitrogens with zero attached hydrogens (tertiary/aromatic N) is 5. The molecule has 238 valence electrons. The lowest BCUT2D eigenvalue weighted by Crippen LogP contribution is -2.42. The fraction of sp³-hybridized carbons (Fsp3) is 0.361. The summed E-state index contributed by atoms with van der Waals surface area (Å²) in [7, 11) is 0. The molecule has 1 saturated carbocycles. The highest BCUT2D eigenvalue weighted by Gasteiger charge is 2.26. The smallest absolute Gasteiger partial charge is 0.246 e. The summed E-state index contributed by atoms with van der Waals surface area (Å²) in [6.45, 7) is 6.11. The minimum absolute atomic E-state index is 0.00923. The van der Waals surface area contributed by atoms with E-state index in [4.69, 9.17) is 0 Å². The first-order valence-corrected chi connectivity index (χ1v) is 15.9. The zero-order valence-electron chi connectivity index (χ0n) is 26.7. The van der Waals surface area contributed by atoms with Crippen molar-refractivity contribution in [2.45, 2.75) is 71.9 Å². The van der Waals surface area contributed by atoms with Gasteiger partial charge in [-0.05, 0) is 74.8 Å². The summed E-state index contributed by atoms with van der Waals surface area (Å²) in [6, 6.07) is 23.3. The van der Waals surface area contributed by atoms with E-state index in [9.17, 15) is 14.4 Å². The molecule has 46 heavy (non-hydrogen) atoms. The molecule has 1 heterocycles. The number of aromatic nitrogens is 4. The van der Waals surface area contributed by atoms with Gasteiger partial charge in [0.1, 0.15) is 0 Å². The standard InChI is InChI=1S/C36H41N7O3/c1-24-9-4-6-11-30(24)23-43(32-14-7-5-10-25(32)2)34(45)22-37-36(46)29-12-8-13-31(20-19-29)38-33(44)21-27-15-17-28(18-16-27)35-41-39-26(3)40-42-35/h4-7,9-11,14-18,29,31H,8,12-13,19-23H2,1-3H3,(H,37,46)(H,38,44). The van der Waals surface area contributed by atoms with Crippen LogP contribution in [-0.2, 0) is 27.3 Å². The van der Waals surface area contributed by atoms with Crippen LogP contribution in [0.4, 0.5) is 5.69 Å². The Balaban J connectivity index is 1.11. The summed E-state index contributed by atoms with van der Waals surface area (Å²) in [5.74, 6) is 0.437. The Kier molecular flexibility index (Phi) is 10.8. The third kappa shape index (κ3) is 8.59. The predicted molar refractivity (Wildman–Crippen MR) is 177 cm³/mol. The van der Waals surface area contributed by atoms with Crippen molar-refractivity contribution in [3.8, 4) is 11.4 Å². The van der Waals surface area contributed by atoms with Crippen LogP contribution in [-0.4, -0.2) is 50.7 Å². The molecule has 0 saturated heterocycles. The SMILES string of the molecule is Cc1nnc(-c2ccc(CC(=O)NC3CCCC(C(=O)NCC(=O)N(Cc4ccccc4C)c4ccccc4C)CC3)cc2)nn1. The van der Waals surface area contributed by atoms with Gasteiger partial charge in [-0.15, -0.1) is 20.4 Å². The van der Waals surface area contributed by atoms with Gasteiger partial charge in [-0.25, -0.2) is 0 Å². The van der Waals surface area contributed by atoms with E-state index in [-0.39, 0.29) is 42.6 Å². The molecular weight excluding hydrogens is 578 g/mol. The number of carbonyl (C=O) groups is 3. The zero-order chi connectivity index (χ0) is 32.5. The van der Waals surface area contributed by atoms with Gasteiger partial charge in [0.2, 0.25) is 23.5 Å². The van der Waals surface area contributed by atoms with Crippen molar-refractivity contribution in [1.82, 2.24) is 31.0 Å². The Hall–Kier alpha value is -4.99. The molecule has 0 radical (unpaired) electrons. The maximum absolute atomic E-state index is 13.5. The van der Waals surface area contributed by atoms with Crippen LogP contribution in [0.5, 0.6) is 0 Å². The van der Waals surface area contributed by atoms with Crippen LogP contribution in [0.3, 0.4) is 0 Å². The second-order valence-corrected chi connectivity index (χ2v) is 12.0. The lowest BCUT2D eigenvalue weighted by atomic mass is 9.99. The summed E-state index contributed by atoms with van der Waals surface area (Å²) in [5, 5.41) is 22.1. The number of anilines is 1. The van der Waals surface area contributed by atoms with Gasteiger partial charge in [0, 0.05) is 23.2 Å². The number of rotatable bonds is 10. The number of nitrogens with one attached hydrogen (secondary N) is 2. The third-order valence-corrected chi connectivity index (χ3v) is 8.57. The number of amides is 3. The quantitative estimate of drug-likeness (QED) is 0.244. The van der Waals surface area contributed by atoms with Gasteiger partial charge in [0.25, 0.3) is 0 Å². The number of benzene rings is 3. The van der Waals surface area contributed by atoms with E-state index in [2.05, 4.69) is 31.0 Å². The molecule has 2 unspecified atom stereocenters. The van der Waals surface area contributed by atoms with Crippen molar-refractivity contribution in [1.29, 1.82) is 0 Å². The Morgan fingerprint density at radius 2 is 1.48 bits per heavy atom. The first-order valence-electron chi connectivity index (χ1n) is 15.9. The van der Waals surface area contributed by atoms with Crippen LogP contribution in [0.1, 0.15) is 60.2 Å². The molecule has 2 atom stereocenters. The maximum atomic E-state index is 13.5. The van der Waals surface area contributed by atoms with Crippen molar-refractivity contribution in [2.75, 3.05) is 11.4 Å². The number of aryl methyl sites for hydroxylation is 3. The molecule has 0 aliphatic heterocycles.